The third kappa shape index (κ3) is 3.01. The number of aliphatic hydroxyl groups excluding tert-OH is 1. The average molecular weight is 485 g/mol. The lowest BCUT2D eigenvalue weighted by Gasteiger charge is -2.63. The van der Waals surface area contributed by atoms with E-state index in [1.165, 1.54) is 13.2 Å². The van der Waals surface area contributed by atoms with Gasteiger partial charge in [0.2, 0.25) is 0 Å². The van der Waals surface area contributed by atoms with Gasteiger partial charge >= 0.3 is 11.9 Å². The second-order valence-corrected chi connectivity index (χ2v) is 11.6. The van der Waals surface area contributed by atoms with Crippen LogP contribution in [0, 0.1) is 39.9 Å². The number of hydrogen-bond acceptors (Lipinski definition) is 8. The van der Waals surface area contributed by atoms with Gasteiger partial charge in [0, 0.05) is 33.8 Å². The summed E-state index contributed by atoms with van der Waals surface area (Å²) in [4.78, 5) is 52.7. The molecule has 0 amide bonds. The summed E-state index contributed by atoms with van der Waals surface area (Å²) < 4.78 is 15.9. The van der Waals surface area contributed by atoms with E-state index in [0.29, 0.717) is 19.3 Å². The molecule has 188 valence electrons. The van der Waals surface area contributed by atoms with Crippen LogP contribution in [0.4, 0.5) is 0 Å². The van der Waals surface area contributed by atoms with E-state index in [1.807, 2.05) is 0 Å². The number of ether oxygens (including phenoxy) is 2. The molecule has 3 fully saturated rings. The highest BCUT2D eigenvalue weighted by atomic mass is 16.5. The highest BCUT2D eigenvalue weighted by Gasteiger charge is 2.71. The predicted molar refractivity (Wildman–Crippen MR) is 121 cm³/mol. The second kappa shape index (κ2) is 7.63. The van der Waals surface area contributed by atoms with E-state index in [-0.39, 0.29) is 23.4 Å². The van der Waals surface area contributed by atoms with Gasteiger partial charge in [-0.05, 0) is 42.7 Å². The fourth-order valence-electron chi connectivity index (χ4n) is 8.13. The fourth-order valence-corrected chi connectivity index (χ4v) is 8.13. The molecule has 3 saturated carbocycles. The van der Waals surface area contributed by atoms with E-state index in [0.717, 1.165) is 11.1 Å². The van der Waals surface area contributed by atoms with Gasteiger partial charge in [0.05, 0.1) is 25.6 Å². The molecule has 1 N–H and O–H groups in total. The van der Waals surface area contributed by atoms with E-state index >= 15 is 0 Å². The van der Waals surface area contributed by atoms with Gasteiger partial charge in [0.1, 0.15) is 17.7 Å². The number of rotatable bonds is 3. The van der Waals surface area contributed by atoms with Gasteiger partial charge in [0.25, 0.3) is 0 Å². The van der Waals surface area contributed by atoms with Crippen molar-refractivity contribution in [1.29, 1.82) is 0 Å². The summed E-state index contributed by atoms with van der Waals surface area (Å²) in [6.45, 7) is 7.27. The minimum absolute atomic E-state index is 0.218. The minimum Gasteiger partial charge on any atom is -0.472 e. The molecule has 8 atom stereocenters. The topological polar surface area (TPSA) is 120 Å². The Morgan fingerprint density at radius 1 is 1.17 bits per heavy atom. The van der Waals surface area contributed by atoms with Gasteiger partial charge in [0.15, 0.2) is 6.10 Å². The summed E-state index contributed by atoms with van der Waals surface area (Å²) in [7, 11) is 1.18. The van der Waals surface area contributed by atoms with Crippen LogP contribution in [0.25, 0.3) is 0 Å². The SMILES string of the molecule is COC(=O)C(O)C1C(C)(C)C(=O)C2CC3C4=CC(=O)OC(c5ccoc5)C4(C)CCC3C1(C)C2=O. The van der Waals surface area contributed by atoms with E-state index < -0.39 is 52.2 Å². The summed E-state index contributed by atoms with van der Waals surface area (Å²) in [5, 5.41) is 11.1. The normalized spacial score (nSPS) is 40.7. The maximum Gasteiger partial charge on any atom is 0.335 e. The molecule has 1 aromatic heterocycles. The highest BCUT2D eigenvalue weighted by Crippen LogP contribution is 2.68. The van der Waals surface area contributed by atoms with Crippen LogP contribution in [0.5, 0.6) is 0 Å². The van der Waals surface area contributed by atoms with Gasteiger partial charge in [-0.1, -0.05) is 27.7 Å². The van der Waals surface area contributed by atoms with Crippen molar-refractivity contribution in [1.82, 2.24) is 0 Å². The molecule has 3 aliphatic carbocycles. The summed E-state index contributed by atoms with van der Waals surface area (Å²) >= 11 is 0. The molecule has 8 nitrogen and oxygen atoms in total. The quantitative estimate of drug-likeness (QED) is 0.513. The Balaban J connectivity index is 1.64. The number of furan rings is 1. The highest BCUT2D eigenvalue weighted by molar-refractivity contribution is 6.11. The van der Waals surface area contributed by atoms with E-state index in [4.69, 9.17) is 13.9 Å². The number of carbonyl (C=O) groups is 4. The zero-order chi connectivity index (χ0) is 25.5. The van der Waals surface area contributed by atoms with Gasteiger partial charge in [-0.15, -0.1) is 0 Å². The molecule has 5 rings (SSSR count). The molecular weight excluding hydrogens is 452 g/mol. The number of ketones is 2. The average Bonchev–Trinajstić information content (AvgIpc) is 3.34. The first-order valence-electron chi connectivity index (χ1n) is 12.2. The Labute approximate surface area is 204 Å². The number of cyclic esters (lactones) is 1. The monoisotopic (exact) mass is 484 g/mol. The maximum atomic E-state index is 13.9. The van der Waals surface area contributed by atoms with E-state index in [1.54, 1.807) is 39.4 Å². The van der Waals surface area contributed by atoms with Gasteiger partial charge in [-0.25, -0.2) is 9.59 Å². The number of fused-ring (bicyclic) bond motifs is 6. The van der Waals surface area contributed by atoms with Crippen molar-refractivity contribution in [2.75, 3.05) is 7.11 Å². The molecule has 2 heterocycles. The van der Waals surface area contributed by atoms with Crippen LogP contribution >= 0.6 is 0 Å². The lowest BCUT2D eigenvalue weighted by Crippen LogP contribution is -2.69. The third-order valence-electron chi connectivity index (χ3n) is 9.69. The Kier molecular flexibility index (Phi) is 5.23. The molecular formula is C27H32O8. The second-order valence-electron chi connectivity index (χ2n) is 11.6. The molecule has 2 bridgehead atoms. The van der Waals surface area contributed by atoms with Crippen molar-refractivity contribution >= 4 is 23.5 Å². The van der Waals surface area contributed by atoms with Gasteiger partial charge in [-0.3, -0.25) is 9.59 Å². The van der Waals surface area contributed by atoms with Crippen LogP contribution in [0.2, 0.25) is 0 Å². The summed E-state index contributed by atoms with van der Waals surface area (Å²) in [6, 6.07) is 1.79. The Morgan fingerprint density at radius 3 is 2.51 bits per heavy atom. The Morgan fingerprint density at radius 2 is 1.89 bits per heavy atom. The van der Waals surface area contributed by atoms with Gasteiger partial charge < -0.3 is 19.0 Å². The zero-order valence-corrected chi connectivity index (χ0v) is 20.7. The molecule has 8 unspecified atom stereocenters. The van der Waals surface area contributed by atoms with Gasteiger partial charge in [-0.2, -0.15) is 0 Å². The zero-order valence-electron chi connectivity index (χ0n) is 20.7. The fraction of sp³-hybridized carbons (Fsp3) is 0.630. The largest absolute Gasteiger partial charge is 0.472 e. The number of aliphatic hydroxyl groups is 1. The van der Waals surface area contributed by atoms with Crippen molar-refractivity contribution < 1.29 is 38.2 Å². The van der Waals surface area contributed by atoms with E-state index in [9.17, 15) is 24.3 Å². The van der Waals surface area contributed by atoms with Crippen molar-refractivity contribution in [3.8, 4) is 0 Å². The number of esters is 2. The number of hydrogen-bond donors (Lipinski definition) is 1. The number of carbonyl (C=O) groups excluding carboxylic acids is 4. The van der Waals surface area contributed by atoms with Crippen molar-refractivity contribution in [2.24, 2.45) is 39.9 Å². The Hall–Kier alpha value is -2.74. The number of Topliss-reactive ketones (excluding diaryl/α,β-unsaturated/α-hetero) is 2. The predicted octanol–water partition coefficient (Wildman–Crippen LogP) is 3.19. The summed E-state index contributed by atoms with van der Waals surface area (Å²) in [5.41, 5.74) is -1.14. The smallest absolute Gasteiger partial charge is 0.335 e. The molecule has 0 spiro atoms. The van der Waals surface area contributed by atoms with Crippen LogP contribution in [0.15, 0.2) is 34.7 Å². The van der Waals surface area contributed by atoms with Crippen molar-refractivity contribution in [3.63, 3.8) is 0 Å². The van der Waals surface area contributed by atoms with E-state index in [2.05, 4.69) is 6.92 Å². The number of methoxy groups -OCH3 is 1. The first kappa shape index (κ1) is 24.0. The molecule has 0 aromatic carbocycles. The lowest BCUT2D eigenvalue weighted by molar-refractivity contribution is -0.195. The summed E-state index contributed by atoms with van der Waals surface area (Å²) in [6.07, 6.45) is 4.06. The van der Waals surface area contributed by atoms with Crippen LogP contribution in [-0.2, 0) is 28.7 Å². The first-order valence-corrected chi connectivity index (χ1v) is 12.2. The lowest BCUT2D eigenvalue weighted by atomic mass is 9.38. The molecule has 1 aliphatic heterocycles. The van der Waals surface area contributed by atoms with Crippen molar-refractivity contribution in [3.05, 3.63) is 35.8 Å². The van der Waals surface area contributed by atoms with Crippen molar-refractivity contribution in [2.45, 2.75) is 59.2 Å². The van der Waals surface area contributed by atoms with Crippen LogP contribution in [0.1, 0.15) is 58.6 Å². The molecule has 1 aromatic rings. The molecule has 8 heteroatoms. The first-order chi connectivity index (χ1) is 16.4. The van der Waals surface area contributed by atoms with Crippen LogP contribution in [0.3, 0.4) is 0 Å². The molecule has 4 aliphatic rings. The minimum atomic E-state index is -1.62. The molecule has 0 radical (unpaired) electrons. The van der Waals surface area contributed by atoms with Crippen LogP contribution in [-0.4, -0.2) is 41.8 Å². The van der Waals surface area contributed by atoms with Crippen LogP contribution < -0.4 is 0 Å². The molecule has 35 heavy (non-hydrogen) atoms. The summed E-state index contributed by atoms with van der Waals surface area (Å²) in [5.74, 6) is -4.10. The maximum absolute atomic E-state index is 13.9. The standard InChI is InChI=1S/C27H32O8/c1-25(2)20(19(29)24(32)33-5)27(4)16-6-8-26(3)17(14(16)10-15(21(25)30)22(27)31)11-18(28)35-23(26)13-7-9-34-12-13/h7,9,11-12,14-16,19-20,23,29H,6,8,10H2,1-5H3. The molecule has 0 saturated heterocycles. The third-order valence-corrected chi connectivity index (χ3v) is 9.69. The Bertz CT molecular complexity index is 1130.